The number of para-hydroxylation sites is 2. The average molecular weight is 1480 g/mol. The molecule has 6 aliphatic rings. The Morgan fingerprint density at radius 2 is 0.856 bits per heavy atom. The minimum absolute atomic E-state index is 0.0602. The Hall–Kier alpha value is -7.88. The molecule has 2 fully saturated rings. The summed E-state index contributed by atoms with van der Waals surface area (Å²) in [6, 6.07) is 36.1. The second-order valence-electron chi connectivity index (χ2n) is 21.5. The zero-order valence-electron chi connectivity index (χ0n) is 70.5. The molecule has 14 rings (SSSR count). The molecule has 1 atom stereocenters. The van der Waals surface area contributed by atoms with Gasteiger partial charge >= 0.3 is 12.1 Å². The average Bonchev–Trinajstić information content (AvgIpc) is 1.74. The van der Waals surface area contributed by atoms with Gasteiger partial charge in [-0.25, -0.2) is 14.5 Å². The lowest BCUT2D eigenvalue weighted by molar-refractivity contribution is -0.137. The number of allylic oxidation sites excluding steroid dienone is 4. The first-order valence-electron chi connectivity index (χ1n) is 38.9. The molecule has 13 nitrogen and oxygen atoms in total. The van der Waals surface area contributed by atoms with Gasteiger partial charge in [0.25, 0.3) is 11.8 Å². The first-order valence-corrected chi connectivity index (χ1v) is 40.6. The fourth-order valence-corrected chi connectivity index (χ4v) is 10.8. The van der Waals surface area contributed by atoms with Crippen LogP contribution in [0.25, 0.3) is 42.1 Å². The molecule has 1 saturated carbocycles. The molecule has 4 aromatic heterocycles. The van der Waals surface area contributed by atoms with Crippen molar-refractivity contribution in [3.63, 3.8) is 0 Å². The molecule has 0 spiro atoms. The molecule has 8 amide bonds. The molecule has 1 saturated heterocycles. The number of likely N-dealkylation sites (N-methyl/N-ethyl adjacent to an activating group) is 1. The van der Waals surface area contributed by atoms with Crippen LogP contribution in [0.4, 0.5) is 9.59 Å². The fourth-order valence-electron chi connectivity index (χ4n) is 8.92. The molecule has 104 heavy (non-hydrogen) atoms. The summed E-state index contributed by atoms with van der Waals surface area (Å²) in [5.41, 5.74) is 4.54. The van der Waals surface area contributed by atoms with Gasteiger partial charge in [-0.3, -0.25) is 29.0 Å². The molecule has 3 aliphatic heterocycles. The number of carbonyl (C=O) groups excluding carboxylic acids is 6. The van der Waals surface area contributed by atoms with Crippen molar-refractivity contribution in [2.75, 3.05) is 21.1 Å². The molecule has 0 N–H and O–H groups in total. The summed E-state index contributed by atoms with van der Waals surface area (Å²) in [4.78, 5) is 66.7. The van der Waals surface area contributed by atoms with Crippen molar-refractivity contribution in [1.29, 1.82) is 0 Å². The maximum absolute atomic E-state index is 10.5. The van der Waals surface area contributed by atoms with E-state index in [1.54, 1.807) is 6.26 Å². The molecule has 0 bridgehead atoms. The smallest absolute Gasteiger partial charge is 0.370 e. The van der Waals surface area contributed by atoms with Gasteiger partial charge in [-0.05, 0) is 141 Å². The van der Waals surface area contributed by atoms with E-state index in [4.69, 9.17) is 8.83 Å². The third-order valence-corrected chi connectivity index (χ3v) is 16.4. The van der Waals surface area contributed by atoms with Gasteiger partial charge in [-0.15, -0.1) is 22.7 Å². The molecule has 0 radical (unpaired) electrons. The van der Waals surface area contributed by atoms with Crippen molar-refractivity contribution in [2.45, 2.75) is 264 Å². The van der Waals surface area contributed by atoms with Crippen LogP contribution in [0.15, 0.2) is 176 Å². The van der Waals surface area contributed by atoms with E-state index in [2.05, 4.69) is 135 Å². The van der Waals surface area contributed by atoms with E-state index in [-0.39, 0.29) is 23.6 Å². The SMILES string of the molecule is CC.CC.CC.CC.CC.CC.CC.CC.CC.CC.CC1CC=CC1.CC1CC=CCC1.CC1CCCCC1.CN1C(=O)C=CC1=O.CN1C(=O)CCC1=O.CN1C(=O)N=NC1=O.Cc1cc2ccccc2o1.Cc1cc2ccccc2s1.Cc1coc2ccccc12.Cc1csc2ccccc12. The van der Waals surface area contributed by atoms with Gasteiger partial charge in [0.2, 0.25) is 11.8 Å². The monoisotopic (exact) mass is 1470 g/mol. The van der Waals surface area contributed by atoms with Crippen LogP contribution >= 0.6 is 22.7 Å². The van der Waals surface area contributed by atoms with Gasteiger partial charge in [0.1, 0.15) is 16.9 Å². The Morgan fingerprint density at radius 1 is 0.423 bits per heavy atom. The van der Waals surface area contributed by atoms with Gasteiger partial charge in [0.15, 0.2) is 0 Å². The number of hydrogen-bond acceptors (Lipinski definition) is 10. The van der Waals surface area contributed by atoms with E-state index in [1.165, 1.54) is 149 Å². The zero-order valence-corrected chi connectivity index (χ0v) is 72.2. The summed E-state index contributed by atoms with van der Waals surface area (Å²) in [6.45, 7) is 55.2. The second-order valence-corrected chi connectivity index (χ2v) is 23.7. The topological polar surface area (TPSA) is 163 Å². The predicted octanol–water partition coefficient (Wildman–Crippen LogP) is 29.0. The van der Waals surface area contributed by atoms with Crippen LogP contribution in [0.5, 0.6) is 0 Å². The van der Waals surface area contributed by atoms with Crippen LogP contribution in [0.1, 0.15) is 258 Å². The quantitative estimate of drug-likeness (QED) is 0.107. The van der Waals surface area contributed by atoms with Gasteiger partial charge in [0.05, 0.1) is 6.26 Å². The first-order chi connectivity index (χ1) is 50.3. The van der Waals surface area contributed by atoms with Crippen LogP contribution < -0.4 is 0 Å². The van der Waals surface area contributed by atoms with Crippen molar-refractivity contribution >= 4 is 100 Å². The highest BCUT2D eigenvalue weighted by molar-refractivity contribution is 7.19. The van der Waals surface area contributed by atoms with Crippen molar-refractivity contribution in [1.82, 2.24) is 14.7 Å². The molecule has 15 heteroatoms. The summed E-state index contributed by atoms with van der Waals surface area (Å²) < 4.78 is 13.4. The summed E-state index contributed by atoms with van der Waals surface area (Å²) >= 11 is 3.67. The van der Waals surface area contributed by atoms with Crippen LogP contribution in [-0.4, -0.2) is 71.5 Å². The molecular formula is C89H143N5O8S2. The number of fused-ring (bicyclic) bond motifs is 4. The number of aryl methyl sites for hydroxylation is 4. The maximum atomic E-state index is 10.5. The minimum atomic E-state index is -0.602. The third-order valence-electron chi connectivity index (χ3n) is 14.2. The molecular weight excluding hydrogens is 1330 g/mol. The Labute approximate surface area is 641 Å². The van der Waals surface area contributed by atoms with E-state index in [0.717, 1.165) is 44.5 Å². The van der Waals surface area contributed by atoms with E-state index >= 15 is 0 Å². The van der Waals surface area contributed by atoms with E-state index < -0.39 is 12.1 Å². The Bertz CT molecular complexity index is 3200. The van der Waals surface area contributed by atoms with E-state index in [9.17, 15) is 28.8 Å². The van der Waals surface area contributed by atoms with Crippen molar-refractivity contribution in [3.8, 4) is 0 Å². The van der Waals surface area contributed by atoms with E-state index in [0.29, 0.717) is 12.8 Å². The van der Waals surface area contributed by atoms with Gasteiger partial charge in [-0.2, -0.15) is 0 Å². The van der Waals surface area contributed by atoms with Gasteiger partial charge < -0.3 is 8.83 Å². The largest absolute Gasteiger partial charge is 0.464 e. The van der Waals surface area contributed by atoms with Crippen molar-refractivity contribution in [3.05, 3.63) is 179 Å². The number of thiophene rings is 2. The van der Waals surface area contributed by atoms with Gasteiger partial charge in [0, 0.05) is 71.2 Å². The van der Waals surface area contributed by atoms with Crippen molar-refractivity contribution < 1.29 is 37.6 Å². The summed E-state index contributed by atoms with van der Waals surface area (Å²) in [5.74, 6) is 3.29. The highest BCUT2D eigenvalue weighted by atomic mass is 32.1. The highest BCUT2D eigenvalue weighted by Crippen LogP contribution is 2.26. The fraction of sp³-hybridized carbons (Fsp3) is 0.506. The molecule has 4 aromatic carbocycles. The molecule has 3 aliphatic carbocycles. The lowest BCUT2D eigenvalue weighted by Crippen LogP contribution is -2.24. The minimum Gasteiger partial charge on any atom is -0.464 e. The summed E-state index contributed by atoms with van der Waals surface area (Å²) in [6.07, 6.45) is 28.2. The number of carbonyl (C=O) groups is 6. The molecule has 584 valence electrons. The third kappa shape index (κ3) is 46.8. The Balaban J connectivity index is -0.000000250. The number of furan rings is 2. The summed E-state index contributed by atoms with van der Waals surface area (Å²) in [5, 5.41) is 13.3. The van der Waals surface area contributed by atoms with Crippen LogP contribution in [0, 0.1) is 45.4 Å². The maximum Gasteiger partial charge on any atom is 0.370 e. The summed E-state index contributed by atoms with van der Waals surface area (Å²) in [7, 11) is 4.28. The predicted molar refractivity (Wildman–Crippen MR) is 458 cm³/mol. The number of nitrogens with zero attached hydrogens (tertiary/aromatic N) is 5. The number of rotatable bonds is 0. The number of imide groups is 3. The molecule has 7 heterocycles. The van der Waals surface area contributed by atoms with Crippen LogP contribution in [-0.2, 0) is 19.2 Å². The normalized spacial score (nSPS) is 14.1. The second kappa shape index (κ2) is 72.1. The van der Waals surface area contributed by atoms with Crippen LogP contribution in [0.3, 0.4) is 0 Å². The number of hydrogen-bond donors (Lipinski definition) is 0. The standard InChI is InChI=1S/2C9H8O.2C9H8S.C7H14.C7H12.C6H10.C5H7NO2.C5H5NO2.C3H3N3O2.10C2H6/c1-7-6-10-9-5-3-2-4-8(7)9;1-7-6-8-4-2-3-5-9(8)10-7;1-7-6-10-9-5-3-2-4-8(7)9;1-7-6-8-4-2-3-5-9(8)10-7;2*1-7-5-3-2-4-6-7;1-6-4-2-3-5-6;2*1-6-4(7)2-3-5(6)8;1-6-2(7)4-5-3(6)8;10*1-2/h4*2-6H,1H3;7H,2-6H2,1H3;2-3,7H,4-6H2,1H3;2-3,6H,4-5H2,1H3;2-3H2,1H3;2-3H,1H3;1H3;10*1-2H3. The van der Waals surface area contributed by atoms with E-state index in [1.807, 2.05) is 224 Å². The number of azo groups is 1. The number of amides is 8. The lowest BCUT2D eigenvalue weighted by Gasteiger charge is -2.15. The highest BCUT2D eigenvalue weighted by Gasteiger charge is 2.24. The molecule has 1 unspecified atom stereocenters. The number of urea groups is 2. The first kappa shape index (κ1) is 107. The van der Waals surface area contributed by atoms with Crippen LogP contribution in [0.2, 0.25) is 0 Å². The molecule has 8 aromatic rings. The van der Waals surface area contributed by atoms with Crippen molar-refractivity contribution in [2.24, 2.45) is 28.0 Å². The number of benzene rings is 4. The zero-order chi connectivity index (χ0) is 81.0. The Morgan fingerprint density at radius 3 is 1.20 bits per heavy atom. The Kier molecular flexibility index (Phi) is 74.2. The van der Waals surface area contributed by atoms with Gasteiger partial charge in [-0.1, -0.05) is 299 Å². The lowest BCUT2D eigenvalue weighted by atomic mass is 9.91. The number of likely N-dealkylation sites (tertiary alicyclic amines) is 1.